The third kappa shape index (κ3) is 3.21. The molecule has 5 nitrogen and oxygen atoms in total. The number of rotatable bonds is 3. The van der Waals surface area contributed by atoms with Gasteiger partial charge in [-0.15, -0.1) is 0 Å². The number of halogens is 1. The van der Waals surface area contributed by atoms with Gasteiger partial charge < -0.3 is 4.74 Å². The first kappa shape index (κ1) is 14.8. The summed E-state index contributed by atoms with van der Waals surface area (Å²) in [6.07, 6.45) is 5.80. The maximum atomic E-state index is 13.3. The maximum absolute atomic E-state index is 13.3. The molecule has 3 rings (SSSR count). The van der Waals surface area contributed by atoms with Gasteiger partial charge in [0.1, 0.15) is 5.82 Å². The fourth-order valence-corrected chi connectivity index (χ4v) is 2.09. The van der Waals surface area contributed by atoms with Crippen molar-refractivity contribution < 1.29 is 13.9 Å². The van der Waals surface area contributed by atoms with Gasteiger partial charge in [0, 0.05) is 17.3 Å². The second-order valence-corrected chi connectivity index (χ2v) is 4.75. The Morgan fingerprint density at radius 1 is 0.957 bits per heavy atom. The zero-order chi connectivity index (χ0) is 16.2. The summed E-state index contributed by atoms with van der Waals surface area (Å²) in [4.78, 5) is 23.8. The topological polar surface area (TPSA) is 65.0 Å². The average Bonchev–Trinajstić information content (AvgIpc) is 2.61. The Labute approximate surface area is 131 Å². The number of carbonyl (C=O) groups is 1. The van der Waals surface area contributed by atoms with Gasteiger partial charge in [0.2, 0.25) is 0 Å². The van der Waals surface area contributed by atoms with Crippen molar-refractivity contribution >= 4 is 5.97 Å². The molecule has 114 valence electrons. The van der Waals surface area contributed by atoms with Crippen LogP contribution in [0.3, 0.4) is 0 Å². The van der Waals surface area contributed by atoms with E-state index in [-0.39, 0.29) is 0 Å². The van der Waals surface area contributed by atoms with Crippen LogP contribution in [-0.4, -0.2) is 28.0 Å². The fourth-order valence-electron chi connectivity index (χ4n) is 2.09. The van der Waals surface area contributed by atoms with Gasteiger partial charge in [-0.3, -0.25) is 9.97 Å². The minimum atomic E-state index is -0.433. The lowest BCUT2D eigenvalue weighted by Gasteiger charge is -2.05. The van der Waals surface area contributed by atoms with Crippen LogP contribution in [0, 0.1) is 5.82 Å². The molecule has 0 saturated carbocycles. The van der Waals surface area contributed by atoms with Gasteiger partial charge in [0.15, 0.2) is 0 Å². The zero-order valence-electron chi connectivity index (χ0n) is 12.2. The molecule has 2 aromatic heterocycles. The highest BCUT2D eigenvalue weighted by Gasteiger charge is 2.08. The second kappa shape index (κ2) is 6.31. The number of aromatic nitrogens is 3. The van der Waals surface area contributed by atoms with Gasteiger partial charge in [0.05, 0.1) is 42.7 Å². The van der Waals surface area contributed by atoms with Crippen LogP contribution in [0.5, 0.6) is 0 Å². The van der Waals surface area contributed by atoms with Crippen molar-refractivity contribution in [2.75, 3.05) is 7.11 Å². The number of carbonyl (C=O) groups excluding carboxylic acids is 1. The molecular formula is C17H12FN3O2. The Balaban J connectivity index is 1.95. The predicted octanol–water partition coefficient (Wildman–Crippen LogP) is 3.13. The van der Waals surface area contributed by atoms with E-state index in [1.807, 2.05) is 0 Å². The molecule has 0 aliphatic heterocycles. The molecule has 0 fully saturated rings. The van der Waals surface area contributed by atoms with Gasteiger partial charge in [-0.25, -0.2) is 14.2 Å². The highest BCUT2D eigenvalue weighted by atomic mass is 19.1. The zero-order valence-corrected chi connectivity index (χ0v) is 12.2. The predicted molar refractivity (Wildman–Crippen MR) is 82.0 cm³/mol. The molecular weight excluding hydrogens is 297 g/mol. The van der Waals surface area contributed by atoms with Crippen LogP contribution in [0.2, 0.25) is 0 Å². The summed E-state index contributed by atoms with van der Waals surface area (Å²) in [7, 11) is 1.33. The number of esters is 1. The van der Waals surface area contributed by atoms with E-state index in [1.54, 1.807) is 36.7 Å². The van der Waals surface area contributed by atoms with Gasteiger partial charge in [0.25, 0.3) is 0 Å². The van der Waals surface area contributed by atoms with E-state index in [1.165, 1.54) is 19.4 Å². The van der Waals surface area contributed by atoms with Crippen molar-refractivity contribution in [2.45, 2.75) is 0 Å². The summed E-state index contributed by atoms with van der Waals surface area (Å²) in [5.41, 5.74) is 2.92. The molecule has 23 heavy (non-hydrogen) atoms. The lowest BCUT2D eigenvalue weighted by Crippen LogP contribution is -2.00. The molecule has 0 aliphatic rings. The second-order valence-electron chi connectivity index (χ2n) is 4.75. The van der Waals surface area contributed by atoms with Gasteiger partial charge in [-0.2, -0.15) is 0 Å². The molecule has 0 saturated heterocycles. The minimum Gasteiger partial charge on any atom is -0.465 e. The van der Waals surface area contributed by atoms with E-state index in [9.17, 15) is 9.18 Å². The van der Waals surface area contributed by atoms with Crippen molar-refractivity contribution in [1.29, 1.82) is 0 Å². The third-order valence-corrected chi connectivity index (χ3v) is 3.24. The van der Waals surface area contributed by atoms with Crippen LogP contribution in [0.1, 0.15) is 10.4 Å². The largest absolute Gasteiger partial charge is 0.465 e. The van der Waals surface area contributed by atoms with Gasteiger partial charge in [-0.05, 0) is 18.2 Å². The van der Waals surface area contributed by atoms with Crippen molar-refractivity contribution in [3.8, 4) is 22.5 Å². The Kier molecular flexibility index (Phi) is 4.05. The highest BCUT2D eigenvalue weighted by molar-refractivity contribution is 5.89. The summed E-state index contributed by atoms with van der Waals surface area (Å²) in [6.45, 7) is 0. The number of nitrogens with zero attached hydrogens (tertiary/aromatic N) is 3. The molecule has 0 amide bonds. The summed E-state index contributed by atoms with van der Waals surface area (Å²) in [5.74, 6) is -0.834. The lowest BCUT2D eigenvalue weighted by atomic mass is 10.1. The van der Waals surface area contributed by atoms with Crippen molar-refractivity contribution in [1.82, 2.24) is 15.0 Å². The number of pyridine rings is 1. The quantitative estimate of drug-likeness (QED) is 0.695. The number of hydrogen-bond donors (Lipinski definition) is 0. The smallest absolute Gasteiger partial charge is 0.337 e. The minimum absolute atomic E-state index is 0.401. The number of ether oxygens (including phenoxy) is 1. The average molecular weight is 309 g/mol. The molecule has 0 radical (unpaired) electrons. The molecule has 0 N–H and O–H groups in total. The van der Waals surface area contributed by atoms with Crippen molar-refractivity contribution in [3.05, 3.63) is 66.5 Å². The molecule has 0 aliphatic carbocycles. The lowest BCUT2D eigenvalue weighted by molar-refractivity contribution is 0.0601. The summed E-state index contributed by atoms with van der Waals surface area (Å²) in [6, 6.07) is 8.16. The van der Waals surface area contributed by atoms with Crippen molar-refractivity contribution in [3.63, 3.8) is 0 Å². The fraction of sp³-hybridized carbons (Fsp3) is 0.0588. The van der Waals surface area contributed by atoms with E-state index in [4.69, 9.17) is 0 Å². The molecule has 0 atom stereocenters. The van der Waals surface area contributed by atoms with Crippen LogP contribution in [0.15, 0.2) is 55.1 Å². The van der Waals surface area contributed by atoms with Crippen LogP contribution < -0.4 is 0 Å². The van der Waals surface area contributed by atoms with Crippen LogP contribution >= 0.6 is 0 Å². The first-order chi connectivity index (χ1) is 11.2. The molecule has 6 heteroatoms. The van der Waals surface area contributed by atoms with E-state index >= 15 is 0 Å². The number of hydrogen-bond acceptors (Lipinski definition) is 5. The third-order valence-electron chi connectivity index (χ3n) is 3.24. The normalized spacial score (nSPS) is 10.3. The van der Waals surface area contributed by atoms with E-state index < -0.39 is 11.8 Å². The summed E-state index contributed by atoms with van der Waals surface area (Å²) in [5, 5.41) is 0. The Hall–Kier alpha value is -3.15. The van der Waals surface area contributed by atoms with E-state index in [0.717, 1.165) is 11.8 Å². The molecule has 0 spiro atoms. The summed E-state index contributed by atoms with van der Waals surface area (Å²) >= 11 is 0. The number of benzene rings is 1. The van der Waals surface area contributed by atoms with Gasteiger partial charge in [-0.1, -0.05) is 12.1 Å². The van der Waals surface area contributed by atoms with Crippen LogP contribution in [0.25, 0.3) is 22.5 Å². The molecule has 0 bridgehead atoms. The first-order valence-corrected chi connectivity index (χ1v) is 6.79. The van der Waals surface area contributed by atoms with Crippen LogP contribution in [-0.2, 0) is 4.74 Å². The Morgan fingerprint density at radius 2 is 1.61 bits per heavy atom. The molecule has 2 heterocycles. The van der Waals surface area contributed by atoms with E-state index in [2.05, 4.69) is 19.7 Å². The molecule has 1 aromatic carbocycles. The summed E-state index contributed by atoms with van der Waals surface area (Å²) < 4.78 is 17.9. The molecule has 0 unspecified atom stereocenters. The highest BCUT2D eigenvalue weighted by Crippen LogP contribution is 2.22. The first-order valence-electron chi connectivity index (χ1n) is 6.79. The van der Waals surface area contributed by atoms with Crippen molar-refractivity contribution in [2.24, 2.45) is 0 Å². The number of methoxy groups -OCH3 is 1. The Morgan fingerprint density at radius 3 is 2.26 bits per heavy atom. The Bertz CT molecular complexity index is 850. The monoisotopic (exact) mass is 309 g/mol. The van der Waals surface area contributed by atoms with Gasteiger partial charge >= 0.3 is 5.97 Å². The maximum Gasteiger partial charge on any atom is 0.337 e. The molecule has 3 aromatic rings. The standard InChI is InChI=1S/C17H12FN3O2/c1-23-17(22)12-4-2-11(3-5-12)15-9-20-10-16(21-15)13-6-14(18)8-19-7-13/h2-10H,1H3. The van der Waals surface area contributed by atoms with Crippen LogP contribution in [0.4, 0.5) is 4.39 Å². The SMILES string of the molecule is COC(=O)c1ccc(-c2cncc(-c3cncc(F)c3)n2)cc1. The van der Waals surface area contributed by atoms with E-state index in [0.29, 0.717) is 22.5 Å².